The van der Waals surface area contributed by atoms with Crippen LogP contribution in [0.25, 0.3) is 0 Å². The van der Waals surface area contributed by atoms with Crippen molar-refractivity contribution >= 4 is 74.3 Å². The fourth-order valence-corrected chi connectivity index (χ4v) is 14.4. The molecule has 0 spiro atoms. The molecular weight excluding hydrogens is 966 g/mol. The summed E-state index contributed by atoms with van der Waals surface area (Å²) in [5.74, 6) is 0. The Kier molecular flexibility index (Phi) is 11.2. The molecule has 0 fully saturated rings. The van der Waals surface area contributed by atoms with Crippen LogP contribution in [0.1, 0.15) is 55.6 Å². The predicted molar refractivity (Wildman–Crippen MR) is 335 cm³/mol. The summed E-state index contributed by atoms with van der Waals surface area (Å²) in [6, 6.07) is 113. The second kappa shape index (κ2) is 18.9. The van der Waals surface area contributed by atoms with E-state index in [1.165, 1.54) is 100 Å². The maximum absolute atomic E-state index is 2.55. The minimum atomic E-state index is -0.550. The Labute approximate surface area is 470 Å². The molecule has 4 heteroatoms. The summed E-state index contributed by atoms with van der Waals surface area (Å²) in [6.07, 6.45) is 0. The maximum Gasteiger partial charge on any atom is 0.247 e. The highest BCUT2D eigenvalue weighted by molar-refractivity contribution is 6.98. The molecule has 0 aromatic heterocycles. The number of para-hydroxylation sites is 6. The molecule has 0 aliphatic carbocycles. The number of nitrogens with zero attached hydrogens (tertiary/aromatic N) is 3. The number of aryl methyl sites for hydroxylation is 1. The number of rotatable bonds is 8. The highest BCUT2D eigenvalue weighted by atomic mass is 15.2. The number of anilines is 9. The topological polar surface area (TPSA) is 9.72 Å². The van der Waals surface area contributed by atoms with Crippen LogP contribution in [-0.2, 0) is 10.8 Å². The molecule has 0 amide bonds. The Hall–Kier alpha value is -9.90. The third-order valence-electron chi connectivity index (χ3n) is 17.6. The molecule has 3 aliphatic rings. The van der Waals surface area contributed by atoms with Crippen molar-refractivity contribution in [2.75, 3.05) is 14.7 Å². The fourth-order valence-electron chi connectivity index (χ4n) is 14.4. The van der Waals surface area contributed by atoms with Crippen LogP contribution in [0.4, 0.5) is 51.2 Å². The average Bonchev–Trinajstić information content (AvgIpc) is 3.66. The van der Waals surface area contributed by atoms with Gasteiger partial charge in [-0.25, -0.2) is 0 Å². The van der Waals surface area contributed by atoms with Crippen LogP contribution >= 0.6 is 0 Å². The lowest BCUT2D eigenvalue weighted by atomic mass is 9.34. The third kappa shape index (κ3) is 6.88. The van der Waals surface area contributed by atoms with E-state index < -0.39 is 10.8 Å². The second-order valence-corrected chi connectivity index (χ2v) is 21.5. The van der Waals surface area contributed by atoms with Gasteiger partial charge in [-0.1, -0.05) is 254 Å². The van der Waals surface area contributed by atoms with Crippen LogP contribution in [0.5, 0.6) is 0 Å². The standard InChI is InChI=1S/C76H56BN3/c1-53-50-51-67(80-70-46-23-17-40-63(70)76(57-32-11-5-12-33-57,58-34-13-6-14-35-58)64-41-18-24-47-71(64)80)54(2)74(53)77-65-42-19-25-48-72(65)79(73-49-26-20-43-66(73)77)60-37-27-36-59(52-60)78-68-44-21-15-38-61(68)75(55-28-7-3-8-29-55,56-30-9-4-10-31-56)62-39-16-22-45-69(62)78/h3-52H,1-2H3. The van der Waals surface area contributed by atoms with Gasteiger partial charge in [0.25, 0.3) is 0 Å². The monoisotopic (exact) mass is 1020 g/mol. The van der Waals surface area contributed by atoms with Gasteiger partial charge in [0.2, 0.25) is 6.71 Å². The molecule has 3 heterocycles. The van der Waals surface area contributed by atoms with E-state index in [0.29, 0.717) is 0 Å². The van der Waals surface area contributed by atoms with E-state index >= 15 is 0 Å². The summed E-state index contributed by atoms with van der Waals surface area (Å²) in [7, 11) is 0. The number of hydrogen-bond acceptors (Lipinski definition) is 3. The molecule has 0 atom stereocenters. The molecule has 15 rings (SSSR count). The molecular formula is C76H56BN3. The minimum absolute atomic E-state index is 0.0465. The van der Waals surface area contributed by atoms with Crippen molar-refractivity contribution in [3.05, 3.63) is 359 Å². The largest absolute Gasteiger partial charge is 0.311 e. The predicted octanol–water partition coefficient (Wildman–Crippen LogP) is 16.9. The molecule has 0 unspecified atom stereocenters. The SMILES string of the molecule is Cc1ccc(N2c3ccccc3C(c3ccccc3)(c3ccccc3)c3ccccc32)c(C)c1B1c2ccccc2N(c2cccc(N3c4ccccc4C(c4ccccc4)(c4ccccc4)c4ccccc43)c2)c2ccccc21. The van der Waals surface area contributed by atoms with Crippen LogP contribution in [0.3, 0.4) is 0 Å². The first-order chi connectivity index (χ1) is 39.6. The maximum atomic E-state index is 2.55. The van der Waals surface area contributed by atoms with E-state index in [-0.39, 0.29) is 6.71 Å². The quantitative estimate of drug-likeness (QED) is 0.140. The number of benzene rings is 12. The van der Waals surface area contributed by atoms with Crippen molar-refractivity contribution < 1.29 is 0 Å². The molecule has 0 radical (unpaired) electrons. The van der Waals surface area contributed by atoms with Gasteiger partial charge in [0, 0.05) is 28.4 Å². The molecule has 3 aliphatic heterocycles. The van der Waals surface area contributed by atoms with E-state index in [0.717, 1.165) is 22.7 Å². The summed E-state index contributed by atoms with van der Waals surface area (Å²) in [6.45, 7) is 4.62. The zero-order chi connectivity index (χ0) is 53.4. The zero-order valence-corrected chi connectivity index (χ0v) is 44.8. The van der Waals surface area contributed by atoms with Gasteiger partial charge in [0.15, 0.2) is 0 Å². The Morgan fingerprint density at radius 3 is 0.963 bits per heavy atom. The first kappa shape index (κ1) is 47.3. The van der Waals surface area contributed by atoms with Crippen molar-refractivity contribution in [1.29, 1.82) is 0 Å². The lowest BCUT2D eigenvalue weighted by Crippen LogP contribution is -2.58. The van der Waals surface area contributed by atoms with Crippen molar-refractivity contribution in [3.63, 3.8) is 0 Å². The highest BCUT2D eigenvalue weighted by Crippen LogP contribution is 2.60. The summed E-state index contributed by atoms with van der Waals surface area (Å²) < 4.78 is 0. The van der Waals surface area contributed by atoms with E-state index in [9.17, 15) is 0 Å². The molecule has 12 aromatic rings. The molecule has 0 N–H and O–H groups in total. The van der Waals surface area contributed by atoms with Crippen LogP contribution in [0.15, 0.2) is 303 Å². The second-order valence-electron chi connectivity index (χ2n) is 21.5. The Bertz CT molecular complexity index is 4080. The molecule has 12 aromatic carbocycles. The normalized spacial score (nSPS) is 14.2. The lowest BCUT2D eigenvalue weighted by Gasteiger charge is -2.47. The highest BCUT2D eigenvalue weighted by Gasteiger charge is 2.49. The number of hydrogen-bond donors (Lipinski definition) is 0. The first-order valence-corrected chi connectivity index (χ1v) is 28.0. The third-order valence-corrected chi connectivity index (χ3v) is 17.6. The summed E-state index contributed by atoms with van der Waals surface area (Å²) >= 11 is 0. The van der Waals surface area contributed by atoms with Crippen molar-refractivity contribution in [2.45, 2.75) is 24.7 Å². The van der Waals surface area contributed by atoms with E-state index in [4.69, 9.17) is 0 Å². The Morgan fingerprint density at radius 2 is 0.575 bits per heavy atom. The summed E-state index contributed by atoms with van der Waals surface area (Å²) in [5.41, 5.74) is 25.7. The van der Waals surface area contributed by atoms with Crippen molar-refractivity contribution in [3.8, 4) is 0 Å². The van der Waals surface area contributed by atoms with Gasteiger partial charge < -0.3 is 14.7 Å². The van der Waals surface area contributed by atoms with Gasteiger partial charge in [-0.3, -0.25) is 0 Å². The van der Waals surface area contributed by atoms with Gasteiger partial charge in [-0.15, -0.1) is 0 Å². The smallest absolute Gasteiger partial charge is 0.247 e. The molecule has 3 nitrogen and oxygen atoms in total. The van der Waals surface area contributed by atoms with E-state index in [2.05, 4.69) is 332 Å². The van der Waals surface area contributed by atoms with Crippen molar-refractivity contribution in [2.24, 2.45) is 0 Å². The molecule has 0 saturated carbocycles. The summed E-state index contributed by atoms with van der Waals surface area (Å²) in [5, 5.41) is 0. The van der Waals surface area contributed by atoms with E-state index in [1.54, 1.807) is 0 Å². The first-order valence-electron chi connectivity index (χ1n) is 28.0. The zero-order valence-electron chi connectivity index (χ0n) is 44.8. The van der Waals surface area contributed by atoms with Gasteiger partial charge >= 0.3 is 0 Å². The molecule has 378 valence electrons. The lowest BCUT2D eigenvalue weighted by molar-refractivity contribution is 0.731. The Morgan fingerprint density at radius 1 is 0.263 bits per heavy atom. The van der Waals surface area contributed by atoms with Gasteiger partial charge in [-0.2, -0.15) is 0 Å². The average molecular weight is 1020 g/mol. The Balaban J connectivity index is 0.882. The fraction of sp³-hybridized carbons (Fsp3) is 0.0526. The number of fused-ring (bicyclic) bond motifs is 6. The minimum Gasteiger partial charge on any atom is -0.311 e. The van der Waals surface area contributed by atoms with Gasteiger partial charge in [0.05, 0.1) is 33.6 Å². The molecule has 0 bridgehead atoms. The van der Waals surface area contributed by atoms with Crippen LogP contribution in [0, 0.1) is 13.8 Å². The van der Waals surface area contributed by atoms with Crippen LogP contribution in [0.2, 0.25) is 0 Å². The van der Waals surface area contributed by atoms with Gasteiger partial charge in [-0.05, 0) is 136 Å². The summed E-state index contributed by atoms with van der Waals surface area (Å²) in [4.78, 5) is 7.54. The van der Waals surface area contributed by atoms with Crippen molar-refractivity contribution in [1.82, 2.24) is 0 Å². The van der Waals surface area contributed by atoms with Gasteiger partial charge in [0.1, 0.15) is 0 Å². The van der Waals surface area contributed by atoms with Crippen LogP contribution < -0.4 is 31.1 Å². The molecule has 80 heavy (non-hydrogen) atoms. The van der Waals surface area contributed by atoms with E-state index in [1.807, 2.05) is 0 Å². The van der Waals surface area contributed by atoms with Crippen LogP contribution in [-0.4, -0.2) is 6.71 Å². The molecule has 0 saturated heterocycles.